The summed E-state index contributed by atoms with van der Waals surface area (Å²) in [5, 5.41) is 13.9. The Morgan fingerprint density at radius 1 is 1.32 bits per heavy atom. The fourth-order valence-electron chi connectivity index (χ4n) is 1.96. The van der Waals surface area contributed by atoms with Gasteiger partial charge in [-0.05, 0) is 32.3 Å². The highest BCUT2D eigenvalue weighted by molar-refractivity contribution is 7.10. The number of carboxylic acid groups (broad SMARTS) is 1. The predicted octanol–water partition coefficient (Wildman–Crippen LogP) is 2.99. The highest BCUT2D eigenvalue weighted by Gasteiger charge is 2.35. The monoisotopic (exact) mass is 283 g/mol. The lowest BCUT2D eigenvalue weighted by atomic mass is 9.82. The van der Waals surface area contributed by atoms with Crippen molar-refractivity contribution in [3.8, 4) is 0 Å². The minimum atomic E-state index is -0.866. The number of rotatable bonds is 6. The smallest absolute Gasteiger partial charge is 0.311 e. The Bertz CT molecular complexity index is 475. The van der Waals surface area contributed by atoms with Crippen molar-refractivity contribution in [2.45, 2.75) is 40.5 Å². The molecule has 19 heavy (non-hydrogen) atoms. The fourth-order valence-corrected chi connectivity index (χ4v) is 2.83. The Morgan fingerprint density at radius 3 is 2.26 bits per heavy atom. The van der Waals surface area contributed by atoms with Crippen molar-refractivity contribution in [2.75, 3.05) is 6.54 Å². The first-order chi connectivity index (χ1) is 8.88. The van der Waals surface area contributed by atoms with Gasteiger partial charge in [-0.3, -0.25) is 9.59 Å². The van der Waals surface area contributed by atoms with E-state index in [0.717, 1.165) is 10.4 Å². The van der Waals surface area contributed by atoms with Crippen LogP contribution in [0.15, 0.2) is 5.38 Å². The summed E-state index contributed by atoms with van der Waals surface area (Å²) in [6.07, 6.45) is 1.00. The number of carbonyl (C=O) groups excluding carboxylic acids is 1. The van der Waals surface area contributed by atoms with E-state index in [1.165, 1.54) is 11.3 Å². The Hall–Kier alpha value is -1.36. The molecular weight excluding hydrogens is 262 g/mol. The summed E-state index contributed by atoms with van der Waals surface area (Å²) < 4.78 is 0. The van der Waals surface area contributed by atoms with Crippen molar-refractivity contribution in [3.63, 3.8) is 0 Å². The van der Waals surface area contributed by atoms with Crippen LogP contribution in [0.5, 0.6) is 0 Å². The number of carboxylic acids is 1. The molecule has 0 fully saturated rings. The number of thiophene rings is 1. The van der Waals surface area contributed by atoms with Crippen molar-refractivity contribution >= 4 is 23.2 Å². The molecule has 1 rings (SSSR count). The first-order valence-corrected chi connectivity index (χ1v) is 7.32. The van der Waals surface area contributed by atoms with Crippen molar-refractivity contribution in [2.24, 2.45) is 5.41 Å². The zero-order chi connectivity index (χ0) is 14.6. The summed E-state index contributed by atoms with van der Waals surface area (Å²) >= 11 is 1.53. The highest BCUT2D eigenvalue weighted by atomic mass is 32.1. The summed E-state index contributed by atoms with van der Waals surface area (Å²) in [5.74, 6) is -1.04. The molecule has 1 amide bonds. The maximum absolute atomic E-state index is 12.1. The number of hydrogen-bond donors (Lipinski definition) is 2. The standard InChI is InChI=1S/C14H21NO3S/c1-5-14(6-2,13(17)18)8-15-12(16)11-7-19-10(4)9(11)3/h7H,5-6,8H2,1-4H3,(H,15,16)(H,17,18). The van der Waals surface area contributed by atoms with Crippen LogP contribution in [0.3, 0.4) is 0 Å². The molecule has 4 nitrogen and oxygen atoms in total. The molecule has 5 heteroatoms. The van der Waals surface area contributed by atoms with E-state index in [2.05, 4.69) is 5.32 Å². The Labute approximate surface area is 117 Å². The summed E-state index contributed by atoms with van der Waals surface area (Å²) in [4.78, 5) is 24.5. The van der Waals surface area contributed by atoms with Gasteiger partial charge in [0.1, 0.15) is 0 Å². The molecule has 2 N–H and O–H groups in total. The molecular formula is C14H21NO3S. The molecule has 0 radical (unpaired) electrons. The van der Waals surface area contributed by atoms with E-state index in [1.54, 1.807) is 0 Å². The molecule has 0 bridgehead atoms. The highest BCUT2D eigenvalue weighted by Crippen LogP contribution is 2.26. The van der Waals surface area contributed by atoms with Crippen molar-refractivity contribution in [1.29, 1.82) is 0 Å². The molecule has 0 unspecified atom stereocenters. The summed E-state index contributed by atoms with van der Waals surface area (Å²) in [5.41, 5.74) is 0.750. The van der Waals surface area contributed by atoms with Gasteiger partial charge >= 0.3 is 5.97 Å². The van der Waals surface area contributed by atoms with Gasteiger partial charge in [-0.15, -0.1) is 11.3 Å². The van der Waals surface area contributed by atoms with E-state index in [0.29, 0.717) is 18.4 Å². The third-order valence-corrected chi connectivity index (χ3v) is 4.94. The van der Waals surface area contributed by atoms with Gasteiger partial charge in [-0.2, -0.15) is 0 Å². The first kappa shape index (κ1) is 15.7. The number of hydrogen-bond acceptors (Lipinski definition) is 3. The van der Waals surface area contributed by atoms with Gasteiger partial charge < -0.3 is 10.4 Å². The van der Waals surface area contributed by atoms with E-state index in [-0.39, 0.29) is 12.5 Å². The number of aryl methyl sites for hydroxylation is 1. The molecule has 0 aliphatic rings. The lowest BCUT2D eigenvalue weighted by molar-refractivity contribution is -0.149. The van der Waals surface area contributed by atoms with Gasteiger partial charge in [0.2, 0.25) is 0 Å². The summed E-state index contributed by atoms with van der Waals surface area (Å²) in [6, 6.07) is 0. The molecule has 0 spiro atoms. The van der Waals surface area contributed by atoms with Crippen molar-refractivity contribution < 1.29 is 14.7 Å². The van der Waals surface area contributed by atoms with E-state index < -0.39 is 11.4 Å². The molecule has 0 saturated carbocycles. The molecule has 0 aliphatic carbocycles. The first-order valence-electron chi connectivity index (χ1n) is 6.44. The van der Waals surface area contributed by atoms with Crippen LogP contribution in [0.25, 0.3) is 0 Å². The zero-order valence-electron chi connectivity index (χ0n) is 11.9. The van der Waals surface area contributed by atoms with E-state index >= 15 is 0 Å². The van der Waals surface area contributed by atoms with E-state index in [9.17, 15) is 14.7 Å². The van der Waals surface area contributed by atoms with Gasteiger partial charge in [0.25, 0.3) is 5.91 Å². The average molecular weight is 283 g/mol. The lowest BCUT2D eigenvalue weighted by Crippen LogP contribution is -2.42. The van der Waals surface area contributed by atoms with Crippen LogP contribution in [0.1, 0.15) is 47.5 Å². The van der Waals surface area contributed by atoms with Crippen LogP contribution in [-0.4, -0.2) is 23.5 Å². The van der Waals surface area contributed by atoms with Crippen LogP contribution in [-0.2, 0) is 4.79 Å². The van der Waals surface area contributed by atoms with Crippen molar-refractivity contribution in [1.82, 2.24) is 5.32 Å². The quantitative estimate of drug-likeness (QED) is 0.843. The average Bonchev–Trinajstić information content (AvgIpc) is 2.71. The third-order valence-electron chi connectivity index (χ3n) is 3.92. The molecule has 0 atom stereocenters. The Kier molecular flexibility index (Phi) is 5.11. The molecule has 0 aliphatic heterocycles. The molecule has 106 valence electrons. The Balaban J connectivity index is 2.78. The predicted molar refractivity (Wildman–Crippen MR) is 76.8 cm³/mol. The zero-order valence-corrected chi connectivity index (χ0v) is 12.7. The van der Waals surface area contributed by atoms with Crippen LogP contribution >= 0.6 is 11.3 Å². The Morgan fingerprint density at radius 2 is 1.89 bits per heavy atom. The minimum absolute atomic E-state index is 0.169. The second kappa shape index (κ2) is 6.19. The maximum atomic E-state index is 12.1. The van der Waals surface area contributed by atoms with Gasteiger partial charge in [-0.1, -0.05) is 13.8 Å². The van der Waals surface area contributed by atoms with Gasteiger partial charge in [0.15, 0.2) is 0 Å². The minimum Gasteiger partial charge on any atom is -0.481 e. The van der Waals surface area contributed by atoms with Crippen LogP contribution < -0.4 is 5.32 Å². The van der Waals surface area contributed by atoms with Crippen LogP contribution in [0.2, 0.25) is 0 Å². The third kappa shape index (κ3) is 3.15. The van der Waals surface area contributed by atoms with Gasteiger partial charge in [0, 0.05) is 16.8 Å². The van der Waals surface area contributed by atoms with E-state index in [4.69, 9.17) is 0 Å². The lowest BCUT2D eigenvalue weighted by Gasteiger charge is -2.26. The van der Waals surface area contributed by atoms with E-state index in [1.807, 2.05) is 33.1 Å². The topological polar surface area (TPSA) is 66.4 Å². The second-order valence-corrected chi connectivity index (χ2v) is 5.89. The van der Waals surface area contributed by atoms with Crippen molar-refractivity contribution in [3.05, 3.63) is 21.4 Å². The largest absolute Gasteiger partial charge is 0.481 e. The molecule has 0 aromatic carbocycles. The van der Waals surface area contributed by atoms with Crippen LogP contribution in [0.4, 0.5) is 0 Å². The molecule has 0 saturated heterocycles. The second-order valence-electron chi connectivity index (χ2n) is 4.81. The fraction of sp³-hybridized carbons (Fsp3) is 0.571. The normalized spacial score (nSPS) is 11.4. The van der Waals surface area contributed by atoms with Crippen LogP contribution in [0, 0.1) is 19.3 Å². The molecule has 1 heterocycles. The molecule has 1 aromatic heterocycles. The maximum Gasteiger partial charge on any atom is 0.311 e. The number of aliphatic carboxylic acids is 1. The van der Waals surface area contributed by atoms with Gasteiger partial charge in [-0.25, -0.2) is 0 Å². The van der Waals surface area contributed by atoms with Gasteiger partial charge in [0.05, 0.1) is 11.0 Å². The summed E-state index contributed by atoms with van der Waals surface area (Å²) in [7, 11) is 0. The molecule has 1 aromatic rings. The number of carbonyl (C=O) groups is 2. The SMILES string of the molecule is CCC(CC)(CNC(=O)c1csc(C)c1C)C(=O)O. The number of nitrogens with one attached hydrogen (secondary N) is 1. The number of amides is 1. The summed E-state index contributed by atoms with van der Waals surface area (Å²) in [6.45, 7) is 7.72.